The Balaban J connectivity index is 2.62. The van der Waals surface area contributed by atoms with Crippen molar-refractivity contribution in [2.24, 2.45) is 0 Å². The molecule has 84 valence electrons. The van der Waals surface area contributed by atoms with Crippen LogP contribution in [0.1, 0.15) is 10.4 Å². The second kappa shape index (κ2) is 3.37. The molecule has 0 saturated carbocycles. The molecule has 1 aromatic heterocycles. The molecule has 1 heterocycles. The zero-order valence-electron chi connectivity index (χ0n) is 8.38. The van der Waals surface area contributed by atoms with E-state index in [1.165, 1.54) is 6.07 Å². The molecule has 0 N–H and O–H groups in total. The molecule has 0 fully saturated rings. The second-order valence-electron chi connectivity index (χ2n) is 3.55. The van der Waals surface area contributed by atoms with Crippen LogP contribution >= 0.6 is 0 Å². The largest absolute Gasteiger partial charge is 0.472 e. The molecule has 5 heteroatoms. The van der Waals surface area contributed by atoms with Crippen molar-refractivity contribution in [3.05, 3.63) is 36.0 Å². The molecule has 16 heavy (non-hydrogen) atoms. The van der Waals surface area contributed by atoms with Crippen LogP contribution in [0.5, 0.6) is 0 Å². The van der Waals surface area contributed by atoms with Gasteiger partial charge in [-0.2, -0.15) is 13.2 Å². The fraction of sp³-hybridized carbons (Fsp3) is 0.182. The minimum Gasteiger partial charge on any atom is -0.279 e. The molecule has 0 aliphatic heterocycles. The monoisotopic (exact) mass is 227 g/mol. The third-order valence-corrected chi connectivity index (χ3v) is 2.31. The quantitative estimate of drug-likeness (QED) is 0.677. The van der Waals surface area contributed by atoms with Crippen LogP contribution in [0.3, 0.4) is 0 Å². The van der Waals surface area contributed by atoms with Crippen LogP contribution in [-0.2, 0) is 0 Å². The summed E-state index contributed by atoms with van der Waals surface area (Å²) in [5, 5.41) is 0.614. The standard InChI is InChI=1S/C11H8F3NO/c1-7-2-3-8-4-5-15(9(8)6-7)10(16)11(12,13)14/h2-6H,1H3. The summed E-state index contributed by atoms with van der Waals surface area (Å²) in [6.07, 6.45) is -3.71. The van der Waals surface area contributed by atoms with E-state index in [0.29, 0.717) is 9.95 Å². The molecule has 0 aliphatic rings. The Kier molecular flexibility index (Phi) is 2.26. The lowest BCUT2D eigenvalue weighted by Crippen LogP contribution is -2.28. The molecule has 0 spiro atoms. The number of fused-ring (bicyclic) bond motifs is 1. The van der Waals surface area contributed by atoms with Crippen molar-refractivity contribution in [2.45, 2.75) is 13.1 Å². The van der Waals surface area contributed by atoms with Crippen molar-refractivity contribution >= 4 is 16.8 Å². The average molecular weight is 227 g/mol. The number of hydrogen-bond acceptors (Lipinski definition) is 1. The van der Waals surface area contributed by atoms with Gasteiger partial charge in [-0.1, -0.05) is 12.1 Å². The van der Waals surface area contributed by atoms with Gasteiger partial charge in [-0.25, -0.2) is 0 Å². The highest BCUT2D eigenvalue weighted by Gasteiger charge is 2.40. The summed E-state index contributed by atoms with van der Waals surface area (Å²) in [5.74, 6) is -1.87. The Hall–Kier alpha value is -1.78. The molecule has 0 aliphatic carbocycles. The maximum Gasteiger partial charge on any atom is 0.472 e. The first-order chi connectivity index (χ1) is 7.39. The second-order valence-corrected chi connectivity index (χ2v) is 3.55. The van der Waals surface area contributed by atoms with Crippen LogP contribution in [-0.4, -0.2) is 16.7 Å². The van der Waals surface area contributed by atoms with Crippen molar-refractivity contribution in [1.29, 1.82) is 0 Å². The topological polar surface area (TPSA) is 22.0 Å². The van der Waals surface area contributed by atoms with Crippen LogP contribution in [0.2, 0.25) is 0 Å². The number of carbonyl (C=O) groups excluding carboxylic acids is 1. The normalized spacial score (nSPS) is 12.0. The molecular weight excluding hydrogens is 219 g/mol. The first kappa shape index (κ1) is 10.7. The van der Waals surface area contributed by atoms with Crippen molar-refractivity contribution < 1.29 is 18.0 Å². The number of hydrogen-bond donors (Lipinski definition) is 0. The number of halogens is 3. The highest BCUT2D eigenvalue weighted by atomic mass is 19.4. The van der Waals surface area contributed by atoms with Crippen LogP contribution < -0.4 is 0 Å². The van der Waals surface area contributed by atoms with Gasteiger partial charge in [-0.05, 0) is 24.6 Å². The maximum atomic E-state index is 12.3. The number of rotatable bonds is 0. The highest BCUT2D eigenvalue weighted by molar-refractivity contribution is 5.95. The summed E-state index contributed by atoms with van der Waals surface area (Å²) in [5.41, 5.74) is 1.09. The third-order valence-electron chi connectivity index (χ3n) is 2.31. The summed E-state index contributed by atoms with van der Waals surface area (Å²) >= 11 is 0. The summed E-state index contributed by atoms with van der Waals surface area (Å²) < 4.78 is 37.4. The van der Waals surface area contributed by atoms with Gasteiger partial charge in [0.1, 0.15) is 0 Å². The molecule has 0 unspecified atom stereocenters. The van der Waals surface area contributed by atoms with Crippen molar-refractivity contribution in [3.8, 4) is 0 Å². The Morgan fingerprint density at radius 3 is 2.56 bits per heavy atom. The molecule has 0 bridgehead atoms. The zero-order valence-corrected chi connectivity index (χ0v) is 8.38. The van der Waals surface area contributed by atoms with E-state index in [9.17, 15) is 18.0 Å². The van der Waals surface area contributed by atoms with E-state index in [2.05, 4.69) is 0 Å². The van der Waals surface area contributed by atoms with Crippen molar-refractivity contribution in [3.63, 3.8) is 0 Å². The lowest BCUT2D eigenvalue weighted by atomic mass is 10.2. The van der Waals surface area contributed by atoms with E-state index in [0.717, 1.165) is 11.8 Å². The Bertz CT molecular complexity index is 554. The number of carbonyl (C=O) groups is 1. The van der Waals surface area contributed by atoms with Crippen LogP contribution in [0, 0.1) is 6.92 Å². The minimum absolute atomic E-state index is 0.280. The molecule has 0 saturated heterocycles. The van der Waals surface area contributed by atoms with E-state index >= 15 is 0 Å². The molecule has 0 radical (unpaired) electrons. The van der Waals surface area contributed by atoms with E-state index < -0.39 is 12.1 Å². The Labute approximate surface area is 89.3 Å². The van der Waals surface area contributed by atoms with Gasteiger partial charge in [0, 0.05) is 11.6 Å². The van der Waals surface area contributed by atoms with Crippen LogP contribution in [0.4, 0.5) is 13.2 Å². The first-order valence-electron chi connectivity index (χ1n) is 4.59. The molecule has 0 amide bonds. The SMILES string of the molecule is Cc1ccc2ccn(C(=O)C(F)(F)F)c2c1. The summed E-state index contributed by atoms with van der Waals surface area (Å²) in [7, 11) is 0. The zero-order chi connectivity index (χ0) is 11.9. The lowest BCUT2D eigenvalue weighted by Gasteiger charge is -2.07. The number of benzene rings is 1. The predicted molar refractivity (Wildman–Crippen MR) is 53.4 cm³/mol. The van der Waals surface area contributed by atoms with Gasteiger partial charge in [-0.3, -0.25) is 9.36 Å². The minimum atomic E-state index is -4.85. The Morgan fingerprint density at radius 2 is 1.94 bits per heavy atom. The van der Waals surface area contributed by atoms with Crippen molar-refractivity contribution in [1.82, 2.24) is 4.57 Å². The highest BCUT2D eigenvalue weighted by Crippen LogP contribution is 2.23. The van der Waals surface area contributed by atoms with E-state index in [1.807, 2.05) is 0 Å². The van der Waals surface area contributed by atoms with Gasteiger partial charge in [0.25, 0.3) is 0 Å². The van der Waals surface area contributed by atoms with Crippen LogP contribution in [0.15, 0.2) is 30.5 Å². The molecule has 1 aromatic carbocycles. The third kappa shape index (κ3) is 1.68. The Morgan fingerprint density at radius 1 is 1.25 bits per heavy atom. The smallest absolute Gasteiger partial charge is 0.279 e. The summed E-state index contributed by atoms with van der Waals surface area (Å²) in [6.45, 7) is 1.76. The molecule has 2 nitrogen and oxygen atoms in total. The van der Waals surface area contributed by atoms with Crippen LogP contribution in [0.25, 0.3) is 10.9 Å². The van der Waals surface area contributed by atoms with Crippen molar-refractivity contribution in [2.75, 3.05) is 0 Å². The fourth-order valence-electron chi connectivity index (χ4n) is 1.55. The molecule has 2 aromatic rings. The van der Waals surface area contributed by atoms with Gasteiger partial charge < -0.3 is 0 Å². The number of aromatic nitrogens is 1. The van der Waals surface area contributed by atoms with E-state index in [1.54, 1.807) is 25.1 Å². The van der Waals surface area contributed by atoms with Gasteiger partial charge in [0.2, 0.25) is 0 Å². The molecule has 0 atom stereocenters. The average Bonchev–Trinajstić information content (AvgIpc) is 2.57. The number of alkyl halides is 3. The number of aryl methyl sites for hydroxylation is 1. The van der Waals surface area contributed by atoms with Gasteiger partial charge in [0.05, 0.1) is 5.52 Å². The molecule has 2 rings (SSSR count). The predicted octanol–water partition coefficient (Wildman–Crippen LogP) is 3.15. The summed E-state index contributed by atoms with van der Waals surface area (Å²) in [4.78, 5) is 11.1. The number of nitrogens with zero attached hydrogens (tertiary/aromatic N) is 1. The first-order valence-corrected chi connectivity index (χ1v) is 4.59. The summed E-state index contributed by atoms with van der Waals surface area (Å²) in [6, 6.07) is 6.51. The van der Waals surface area contributed by atoms with E-state index in [-0.39, 0.29) is 5.52 Å². The lowest BCUT2D eigenvalue weighted by molar-refractivity contribution is -0.0942. The van der Waals surface area contributed by atoms with Gasteiger partial charge >= 0.3 is 12.1 Å². The van der Waals surface area contributed by atoms with Gasteiger partial charge in [-0.15, -0.1) is 0 Å². The van der Waals surface area contributed by atoms with Gasteiger partial charge in [0.15, 0.2) is 0 Å². The fourth-order valence-corrected chi connectivity index (χ4v) is 1.55. The van der Waals surface area contributed by atoms with E-state index in [4.69, 9.17) is 0 Å². The molecular formula is C11H8F3NO. The maximum absolute atomic E-state index is 12.3.